The third-order valence-electron chi connectivity index (χ3n) is 3.49. The summed E-state index contributed by atoms with van der Waals surface area (Å²) >= 11 is 6.01. The molecule has 1 saturated heterocycles. The molecule has 6 heteroatoms. The van der Waals surface area contributed by atoms with Gasteiger partial charge in [-0.15, -0.1) is 6.42 Å². The number of hydrogen-bond acceptors (Lipinski definition) is 3. The smallest absolute Gasteiger partial charge is 0.282 e. The third kappa shape index (κ3) is 3.49. The lowest BCUT2D eigenvalue weighted by Gasteiger charge is -2.13. The normalized spacial score (nSPS) is 15.2. The van der Waals surface area contributed by atoms with Crippen molar-refractivity contribution < 1.29 is 14.3 Å². The van der Waals surface area contributed by atoms with E-state index in [4.69, 9.17) is 22.8 Å². The number of hydrazine groups is 1. The molecule has 0 saturated carbocycles. The van der Waals surface area contributed by atoms with Crippen LogP contribution in [0.5, 0.6) is 5.75 Å². The van der Waals surface area contributed by atoms with E-state index in [1.165, 1.54) is 11.1 Å². The first-order valence-corrected chi connectivity index (χ1v) is 7.76. The van der Waals surface area contributed by atoms with Crippen molar-refractivity contribution in [3.05, 3.63) is 64.7 Å². The SMILES string of the molecule is C#CCOc1ccc(Cl)cc1/C=C1/C(=O)NN(c2ccccc2)C1=O. The van der Waals surface area contributed by atoms with Crippen molar-refractivity contribution in [2.24, 2.45) is 0 Å². The summed E-state index contributed by atoms with van der Waals surface area (Å²) in [5, 5.41) is 1.64. The molecule has 0 atom stereocenters. The van der Waals surface area contributed by atoms with Crippen LogP contribution in [-0.4, -0.2) is 18.4 Å². The van der Waals surface area contributed by atoms with Crippen LogP contribution in [0.1, 0.15) is 5.56 Å². The van der Waals surface area contributed by atoms with Crippen LogP contribution in [0.4, 0.5) is 5.69 Å². The number of amides is 2. The molecule has 1 heterocycles. The van der Waals surface area contributed by atoms with Gasteiger partial charge in [0.25, 0.3) is 11.8 Å². The summed E-state index contributed by atoms with van der Waals surface area (Å²) in [7, 11) is 0. The predicted molar refractivity (Wildman–Crippen MR) is 95.8 cm³/mol. The van der Waals surface area contributed by atoms with Gasteiger partial charge in [-0.1, -0.05) is 35.7 Å². The number of halogens is 1. The first-order chi connectivity index (χ1) is 12.1. The molecule has 0 spiro atoms. The van der Waals surface area contributed by atoms with E-state index in [1.54, 1.807) is 42.5 Å². The Morgan fingerprint density at radius 1 is 1.20 bits per heavy atom. The molecule has 124 valence electrons. The van der Waals surface area contributed by atoms with E-state index in [9.17, 15) is 9.59 Å². The average Bonchev–Trinajstić information content (AvgIpc) is 2.90. The second-order valence-electron chi connectivity index (χ2n) is 5.15. The summed E-state index contributed by atoms with van der Waals surface area (Å²) in [6.07, 6.45) is 6.65. The lowest BCUT2D eigenvalue weighted by Crippen LogP contribution is -2.35. The Balaban J connectivity index is 1.96. The zero-order chi connectivity index (χ0) is 17.8. The molecular formula is C19H13ClN2O3. The first kappa shape index (κ1) is 16.6. The number of para-hydroxylation sites is 1. The van der Waals surface area contributed by atoms with Crippen LogP contribution in [0, 0.1) is 12.3 Å². The van der Waals surface area contributed by atoms with E-state index in [0.29, 0.717) is 22.0 Å². The van der Waals surface area contributed by atoms with Gasteiger partial charge < -0.3 is 4.74 Å². The number of anilines is 1. The number of ether oxygens (including phenoxy) is 1. The van der Waals surface area contributed by atoms with Crippen LogP contribution in [0.2, 0.25) is 5.02 Å². The molecule has 0 unspecified atom stereocenters. The van der Waals surface area contributed by atoms with Gasteiger partial charge in [-0.3, -0.25) is 15.0 Å². The highest BCUT2D eigenvalue weighted by Gasteiger charge is 2.34. The molecule has 0 aliphatic carbocycles. The highest BCUT2D eigenvalue weighted by Crippen LogP contribution is 2.27. The Morgan fingerprint density at radius 2 is 1.96 bits per heavy atom. The number of terminal acetylenes is 1. The molecule has 1 N–H and O–H groups in total. The van der Waals surface area contributed by atoms with E-state index in [-0.39, 0.29) is 12.2 Å². The number of hydrogen-bond donors (Lipinski definition) is 1. The maximum Gasteiger partial charge on any atom is 0.282 e. The number of carbonyl (C=O) groups excluding carboxylic acids is 2. The summed E-state index contributed by atoms with van der Waals surface area (Å²) in [6.45, 7) is 0.0636. The quantitative estimate of drug-likeness (QED) is 0.523. The molecule has 3 rings (SSSR count). The van der Waals surface area contributed by atoms with E-state index in [1.807, 2.05) is 6.07 Å². The van der Waals surface area contributed by atoms with Crippen molar-refractivity contribution in [3.8, 4) is 18.1 Å². The van der Waals surface area contributed by atoms with Gasteiger partial charge in [-0.2, -0.15) is 0 Å². The minimum absolute atomic E-state index is 0.0170. The first-order valence-electron chi connectivity index (χ1n) is 7.38. The molecule has 2 aromatic rings. The molecular weight excluding hydrogens is 340 g/mol. The molecule has 2 aromatic carbocycles. The molecule has 0 bridgehead atoms. The fraction of sp³-hybridized carbons (Fsp3) is 0.0526. The third-order valence-corrected chi connectivity index (χ3v) is 3.72. The molecule has 2 amide bonds. The minimum atomic E-state index is -0.503. The second kappa shape index (κ2) is 7.12. The van der Waals surface area contributed by atoms with Gasteiger partial charge >= 0.3 is 0 Å². The van der Waals surface area contributed by atoms with Gasteiger partial charge in [0.2, 0.25) is 0 Å². The van der Waals surface area contributed by atoms with Crippen molar-refractivity contribution in [2.45, 2.75) is 0 Å². The molecule has 1 fully saturated rings. The van der Waals surface area contributed by atoms with Crippen LogP contribution in [0.15, 0.2) is 54.1 Å². The number of nitrogens with one attached hydrogen (secondary N) is 1. The Hall–Kier alpha value is -3.23. The number of carbonyl (C=O) groups is 2. The summed E-state index contributed by atoms with van der Waals surface area (Å²) < 4.78 is 5.44. The monoisotopic (exact) mass is 352 g/mol. The number of benzene rings is 2. The van der Waals surface area contributed by atoms with Crippen molar-refractivity contribution in [3.63, 3.8) is 0 Å². The molecule has 25 heavy (non-hydrogen) atoms. The Morgan fingerprint density at radius 3 is 2.68 bits per heavy atom. The fourth-order valence-corrected chi connectivity index (χ4v) is 2.54. The van der Waals surface area contributed by atoms with Crippen LogP contribution in [0.25, 0.3) is 6.08 Å². The molecule has 1 aliphatic heterocycles. The highest BCUT2D eigenvalue weighted by atomic mass is 35.5. The fourth-order valence-electron chi connectivity index (χ4n) is 2.35. The van der Waals surface area contributed by atoms with Crippen LogP contribution in [-0.2, 0) is 9.59 Å². The maximum absolute atomic E-state index is 12.6. The van der Waals surface area contributed by atoms with Gasteiger partial charge in [-0.25, -0.2) is 5.01 Å². The molecule has 1 aliphatic rings. The standard InChI is InChI=1S/C19H13ClN2O3/c1-2-10-25-17-9-8-14(20)11-13(17)12-16-18(23)21-22(19(16)24)15-6-4-3-5-7-15/h1,3-9,11-12H,10H2,(H,21,23)/b16-12-. The zero-order valence-corrected chi connectivity index (χ0v) is 13.8. The lowest BCUT2D eigenvalue weighted by molar-refractivity contribution is -0.117. The molecule has 0 aromatic heterocycles. The van der Waals surface area contributed by atoms with E-state index >= 15 is 0 Å². The summed E-state index contributed by atoms with van der Waals surface area (Å²) in [5.41, 5.74) is 3.59. The Labute approximate surface area is 149 Å². The average molecular weight is 353 g/mol. The van der Waals surface area contributed by atoms with Gasteiger partial charge in [0.1, 0.15) is 17.9 Å². The van der Waals surface area contributed by atoms with Crippen molar-refractivity contribution in [1.82, 2.24) is 5.43 Å². The lowest BCUT2D eigenvalue weighted by atomic mass is 10.1. The highest BCUT2D eigenvalue weighted by molar-refractivity contribution is 6.32. The summed E-state index contributed by atoms with van der Waals surface area (Å²) in [6, 6.07) is 13.7. The summed E-state index contributed by atoms with van der Waals surface area (Å²) in [4.78, 5) is 24.8. The Bertz CT molecular complexity index is 901. The van der Waals surface area contributed by atoms with Crippen LogP contribution < -0.4 is 15.2 Å². The Kier molecular flexibility index (Phi) is 4.73. The second-order valence-corrected chi connectivity index (χ2v) is 5.59. The van der Waals surface area contributed by atoms with Gasteiger partial charge in [0.05, 0.1) is 5.69 Å². The zero-order valence-electron chi connectivity index (χ0n) is 13.0. The number of rotatable bonds is 4. The summed E-state index contributed by atoms with van der Waals surface area (Å²) in [5.74, 6) is 1.84. The largest absolute Gasteiger partial charge is 0.480 e. The van der Waals surface area contributed by atoms with Crippen LogP contribution >= 0.6 is 11.6 Å². The van der Waals surface area contributed by atoms with Crippen molar-refractivity contribution in [1.29, 1.82) is 0 Å². The van der Waals surface area contributed by atoms with Crippen LogP contribution in [0.3, 0.4) is 0 Å². The van der Waals surface area contributed by atoms with Crippen molar-refractivity contribution in [2.75, 3.05) is 11.6 Å². The predicted octanol–water partition coefficient (Wildman–Crippen LogP) is 2.81. The van der Waals surface area contributed by atoms with E-state index in [2.05, 4.69) is 11.3 Å². The minimum Gasteiger partial charge on any atom is -0.480 e. The maximum atomic E-state index is 12.6. The number of nitrogens with zero attached hydrogens (tertiary/aromatic N) is 1. The van der Waals surface area contributed by atoms with Gasteiger partial charge in [0.15, 0.2) is 0 Å². The molecule has 0 radical (unpaired) electrons. The van der Waals surface area contributed by atoms with E-state index < -0.39 is 11.8 Å². The van der Waals surface area contributed by atoms with Gasteiger partial charge in [0, 0.05) is 10.6 Å². The van der Waals surface area contributed by atoms with Gasteiger partial charge in [-0.05, 0) is 36.4 Å². The molecule has 5 nitrogen and oxygen atoms in total. The topological polar surface area (TPSA) is 58.6 Å². The van der Waals surface area contributed by atoms with Crippen molar-refractivity contribution >= 4 is 35.2 Å². The van der Waals surface area contributed by atoms with E-state index in [0.717, 1.165) is 0 Å².